The number of oxime groups is 1. The van der Waals surface area contributed by atoms with Gasteiger partial charge in [0, 0.05) is 25.1 Å². The van der Waals surface area contributed by atoms with Gasteiger partial charge in [-0.3, -0.25) is 9.59 Å². The summed E-state index contributed by atoms with van der Waals surface area (Å²) in [5, 5.41) is 16.7. The Hall–Kier alpha value is -3.51. The molecule has 0 atom stereocenters. The third kappa shape index (κ3) is 17.9. The number of amides is 2. The first-order valence-corrected chi connectivity index (χ1v) is 11.8. The number of nitrogens with one attached hydrogen (secondary N) is 2. The number of carbonyl (C=O) groups is 2. The van der Waals surface area contributed by atoms with Crippen molar-refractivity contribution >= 4 is 29.2 Å². The summed E-state index contributed by atoms with van der Waals surface area (Å²) in [6.07, 6.45) is 0.240. The molecule has 12 heteroatoms. The number of benzene rings is 1. The van der Waals surface area contributed by atoms with Crippen molar-refractivity contribution in [2.75, 3.05) is 39.6 Å². The van der Waals surface area contributed by atoms with E-state index in [1.807, 2.05) is 26.0 Å². The minimum absolute atomic E-state index is 0.119. The van der Waals surface area contributed by atoms with Crippen LogP contribution in [0.25, 0.3) is 0 Å². The molecular formula is C24H41N7O5. The van der Waals surface area contributed by atoms with Crippen LogP contribution in [0.1, 0.15) is 52.2 Å². The van der Waals surface area contributed by atoms with Gasteiger partial charge in [-0.2, -0.15) is 0 Å². The van der Waals surface area contributed by atoms with Crippen molar-refractivity contribution in [3.8, 4) is 0 Å². The molecule has 0 unspecified atom stereocenters. The lowest BCUT2D eigenvalue weighted by Crippen LogP contribution is -2.30. The molecular weight excluding hydrogens is 466 g/mol. The standard InChI is InChI=1S/C22H35N7O5.C2H6/c1-16(2)29-34-15-21(31)25-9-11-33-13-12-32-10-8-20(30)26-14-18-4-6-19(7-5-18)22(24)28-27-17(3)23;1-2/h4-7H,8-15H2,1-3H3,(H2,23,27)(H2,24,28)(H,25,31)(H,26,30);1-2H3. The van der Waals surface area contributed by atoms with Gasteiger partial charge >= 0.3 is 0 Å². The molecule has 1 rings (SSSR count). The van der Waals surface area contributed by atoms with E-state index in [9.17, 15) is 9.59 Å². The summed E-state index contributed by atoms with van der Waals surface area (Å²) >= 11 is 0. The van der Waals surface area contributed by atoms with Crippen LogP contribution in [0.4, 0.5) is 0 Å². The van der Waals surface area contributed by atoms with Crippen LogP contribution in [0.5, 0.6) is 0 Å². The van der Waals surface area contributed by atoms with Crippen LogP contribution in [0, 0.1) is 0 Å². The fourth-order valence-electron chi connectivity index (χ4n) is 2.29. The number of carbonyl (C=O) groups excluding carboxylic acids is 2. The van der Waals surface area contributed by atoms with Crippen molar-refractivity contribution < 1.29 is 23.9 Å². The summed E-state index contributed by atoms with van der Waals surface area (Å²) in [6.45, 7) is 11.1. The highest BCUT2D eigenvalue weighted by molar-refractivity contribution is 5.97. The fourth-order valence-corrected chi connectivity index (χ4v) is 2.29. The first-order chi connectivity index (χ1) is 17.3. The van der Waals surface area contributed by atoms with Crippen molar-refractivity contribution in [3.63, 3.8) is 0 Å². The molecule has 0 aromatic heterocycles. The van der Waals surface area contributed by atoms with Crippen molar-refractivity contribution in [2.24, 2.45) is 26.8 Å². The maximum absolute atomic E-state index is 11.9. The highest BCUT2D eigenvalue weighted by atomic mass is 16.6. The summed E-state index contributed by atoms with van der Waals surface area (Å²) in [5.41, 5.74) is 13.6. The Balaban J connectivity index is 0.00000596. The minimum Gasteiger partial charge on any atom is -0.386 e. The van der Waals surface area contributed by atoms with Crippen LogP contribution in [-0.2, 0) is 30.4 Å². The van der Waals surface area contributed by atoms with Gasteiger partial charge in [0.2, 0.25) is 5.91 Å². The Bertz CT molecular complexity index is 847. The molecule has 0 saturated heterocycles. The number of hydrogen-bond acceptors (Lipinski definition) is 8. The molecule has 0 radical (unpaired) electrons. The van der Waals surface area contributed by atoms with Gasteiger partial charge in [0.1, 0.15) is 5.84 Å². The maximum Gasteiger partial charge on any atom is 0.260 e. The van der Waals surface area contributed by atoms with E-state index in [1.165, 1.54) is 0 Å². The van der Waals surface area contributed by atoms with Crippen LogP contribution in [0.2, 0.25) is 0 Å². The second-order valence-electron chi connectivity index (χ2n) is 7.34. The summed E-state index contributed by atoms with van der Waals surface area (Å²) in [5.74, 6) is 0.191. The monoisotopic (exact) mass is 507 g/mol. The van der Waals surface area contributed by atoms with Gasteiger partial charge in [0.05, 0.1) is 32.1 Å². The van der Waals surface area contributed by atoms with E-state index in [-0.39, 0.29) is 37.3 Å². The Kier molecular flexibility index (Phi) is 18.8. The average Bonchev–Trinajstić information content (AvgIpc) is 2.86. The maximum atomic E-state index is 11.9. The molecule has 0 aliphatic rings. The summed E-state index contributed by atoms with van der Waals surface area (Å²) in [4.78, 5) is 28.2. The summed E-state index contributed by atoms with van der Waals surface area (Å²) in [7, 11) is 0. The fraction of sp³-hybridized carbons (Fsp3) is 0.542. The molecule has 0 heterocycles. The van der Waals surface area contributed by atoms with E-state index in [1.54, 1.807) is 32.9 Å². The van der Waals surface area contributed by atoms with E-state index >= 15 is 0 Å². The lowest BCUT2D eigenvalue weighted by atomic mass is 10.1. The zero-order valence-corrected chi connectivity index (χ0v) is 22.0. The summed E-state index contributed by atoms with van der Waals surface area (Å²) in [6, 6.07) is 7.29. The number of hydrogen-bond donors (Lipinski definition) is 4. The molecule has 0 saturated carbocycles. The van der Waals surface area contributed by atoms with Gasteiger partial charge in [-0.1, -0.05) is 43.3 Å². The van der Waals surface area contributed by atoms with Gasteiger partial charge in [0.25, 0.3) is 5.91 Å². The Morgan fingerprint density at radius 3 is 2.11 bits per heavy atom. The molecule has 0 aliphatic heterocycles. The SMILES string of the molecule is CC.CC(C)=NOCC(=O)NCCOCCOCCC(=O)NCc1ccc(/C(N)=N/N=C(/C)N)cc1. The number of nitrogens with zero attached hydrogens (tertiary/aromatic N) is 3. The van der Waals surface area contributed by atoms with Crippen LogP contribution in [-0.4, -0.2) is 68.8 Å². The Labute approximate surface area is 213 Å². The lowest BCUT2D eigenvalue weighted by molar-refractivity contribution is -0.126. The highest BCUT2D eigenvalue weighted by Gasteiger charge is 2.04. The number of rotatable bonds is 16. The molecule has 36 heavy (non-hydrogen) atoms. The van der Waals surface area contributed by atoms with E-state index < -0.39 is 0 Å². The first-order valence-electron chi connectivity index (χ1n) is 11.8. The third-order valence-corrected chi connectivity index (χ3v) is 3.91. The second kappa shape index (κ2) is 20.8. The number of nitrogens with two attached hydrogens (primary N) is 2. The zero-order chi connectivity index (χ0) is 27.2. The summed E-state index contributed by atoms with van der Waals surface area (Å²) < 4.78 is 10.7. The molecule has 0 bridgehead atoms. The molecule has 1 aromatic carbocycles. The molecule has 2 amide bonds. The number of ether oxygens (including phenoxy) is 2. The third-order valence-electron chi connectivity index (χ3n) is 3.91. The van der Waals surface area contributed by atoms with Crippen molar-refractivity contribution in [2.45, 2.75) is 47.6 Å². The van der Waals surface area contributed by atoms with Crippen LogP contribution >= 0.6 is 0 Å². The van der Waals surface area contributed by atoms with Gasteiger partial charge in [0.15, 0.2) is 12.4 Å². The molecule has 0 aliphatic carbocycles. The van der Waals surface area contributed by atoms with Crippen molar-refractivity contribution in [3.05, 3.63) is 35.4 Å². The normalized spacial score (nSPS) is 11.1. The zero-order valence-electron chi connectivity index (χ0n) is 22.0. The molecule has 0 spiro atoms. The number of amidine groups is 2. The van der Waals surface area contributed by atoms with Crippen molar-refractivity contribution in [1.29, 1.82) is 0 Å². The molecule has 202 valence electrons. The highest BCUT2D eigenvalue weighted by Crippen LogP contribution is 2.04. The predicted octanol–water partition coefficient (Wildman–Crippen LogP) is 1.28. The predicted molar refractivity (Wildman–Crippen MR) is 142 cm³/mol. The van der Waals surface area contributed by atoms with E-state index in [0.29, 0.717) is 44.3 Å². The van der Waals surface area contributed by atoms with E-state index in [2.05, 4.69) is 26.0 Å². The van der Waals surface area contributed by atoms with Crippen LogP contribution in [0.3, 0.4) is 0 Å². The molecule has 0 fully saturated rings. The van der Waals surface area contributed by atoms with Gasteiger partial charge < -0.3 is 36.4 Å². The molecule has 6 N–H and O–H groups in total. The van der Waals surface area contributed by atoms with E-state index in [4.69, 9.17) is 25.8 Å². The molecule has 12 nitrogen and oxygen atoms in total. The van der Waals surface area contributed by atoms with E-state index in [0.717, 1.165) is 11.3 Å². The van der Waals surface area contributed by atoms with Gasteiger partial charge in [-0.25, -0.2) is 0 Å². The Morgan fingerprint density at radius 1 is 0.861 bits per heavy atom. The average molecular weight is 508 g/mol. The van der Waals surface area contributed by atoms with Gasteiger partial charge in [-0.05, 0) is 26.3 Å². The topological polar surface area (TPSA) is 175 Å². The second-order valence-corrected chi connectivity index (χ2v) is 7.34. The first kappa shape index (κ1) is 32.5. The smallest absolute Gasteiger partial charge is 0.260 e. The molecule has 1 aromatic rings. The van der Waals surface area contributed by atoms with Crippen molar-refractivity contribution in [1.82, 2.24) is 10.6 Å². The largest absolute Gasteiger partial charge is 0.386 e. The van der Waals surface area contributed by atoms with Crippen LogP contribution < -0.4 is 22.1 Å². The lowest BCUT2D eigenvalue weighted by Gasteiger charge is -2.08. The van der Waals surface area contributed by atoms with Gasteiger partial charge in [-0.15, -0.1) is 10.2 Å². The quantitative estimate of drug-likeness (QED) is 0.113. The minimum atomic E-state index is -0.267. The Morgan fingerprint density at radius 2 is 1.50 bits per heavy atom. The van der Waals surface area contributed by atoms with Crippen LogP contribution in [0.15, 0.2) is 39.6 Å².